The van der Waals surface area contributed by atoms with Crippen molar-refractivity contribution in [2.75, 3.05) is 0 Å². The van der Waals surface area contributed by atoms with Crippen molar-refractivity contribution in [2.24, 2.45) is 0 Å². The Kier molecular flexibility index (Phi) is 2.29. The number of aliphatic hydroxyl groups is 1. The molecule has 0 saturated carbocycles. The van der Waals surface area contributed by atoms with Crippen LogP contribution in [0.3, 0.4) is 0 Å². The van der Waals surface area contributed by atoms with E-state index >= 15 is 0 Å². The Morgan fingerprint density at radius 2 is 2.00 bits per heavy atom. The van der Waals surface area contributed by atoms with Crippen LogP contribution < -0.4 is 0 Å². The van der Waals surface area contributed by atoms with Gasteiger partial charge in [-0.3, -0.25) is 4.98 Å². The van der Waals surface area contributed by atoms with Gasteiger partial charge in [0.25, 0.3) is 0 Å². The van der Waals surface area contributed by atoms with E-state index in [0.29, 0.717) is 5.69 Å². The van der Waals surface area contributed by atoms with Crippen LogP contribution in [0.15, 0.2) is 49.2 Å². The molecular weight excluding hydrogens is 174 g/mol. The lowest BCUT2D eigenvalue weighted by Crippen LogP contribution is -1.95. The maximum absolute atomic E-state index is 9.51. The highest BCUT2D eigenvalue weighted by atomic mass is 16.3. The standard InChI is InChI=1S/C12H11NO/c1-2-12(14)11-7-9-5-3-4-6-10(9)8-13-11/h2-8,12,14H,1H2/t12-/m1/s1. The van der Waals surface area contributed by atoms with Gasteiger partial charge in [-0.25, -0.2) is 0 Å². The summed E-state index contributed by atoms with van der Waals surface area (Å²) in [5, 5.41) is 11.7. The molecule has 0 fully saturated rings. The van der Waals surface area contributed by atoms with Gasteiger partial charge in [0, 0.05) is 11.6 Å². The largest absolute Gasteiger partial charge is 0.383 e. The molecule has 1 N–H and O–H groups in total. The van der Waals surface area contributed by atoms with E-state index in [2.05, 4.69) is 11.6 Å². The molecule has 0 spiro atoms. The van der Waals surface area contributed by atoms with Crippen molar-refractivity contribution in [2.45, 2.75) is 6.10 Å². The van der Waals surface area contributed by atoms with Crippen LogP contribution in [0.5, 0.6) is 0 Å². The van der Waals surface area contributed by atoms with Crippen LogP contribution in [-0.4, -0.2) is 10.1 Å². The minimum Gasteiger partial charge on any atom is -0.383 e. The summed E-state index contributed by atoms with van der Waals surface area (Å²) in [5.41, 5.74) is 0.638. The summed E-state index contributed by atoms with van der Waals surface area (Å²) >= 11 is 0. The minimum absolute atomic E-state index is 0.638. The number of rotatable bonds is 2. The first-order chi connectivity index (χ1) is 6.81. The van der Waals surface area contributed by atoms with Gasteiger partial charge in [-0.1, -0.05) is 30.3 Å². The molecule has 1 aromatic heterocycles. The molecule has 0 saturated heterocycles. The molecule has 0 aliphatic rings. The van der Waals surface area contributed by atoms with Gasteiger partial charge in [0.15, 0.2) is 0 Å². The molecule has 1 aromatic carbocycles. The number of fused-ring (bicyclic) bond motifs is 1. The van der Waals surface area contributed by atoms with Gasteiger partial charge in [0.05, 0.1) is 5.69 Å². The molecule has 0 unspecified atom stereocenters. The maximum Gasteiger partial charge on any atom is 0.114 e. The van der Waals surface area contributed by atoms with Crippen LogP contribution in [0.4, 0.5) is 0 Å². The highest BCUT2D eigenvalue weighted by molar-refractivity contribution is 5.81. The lowest BCUT2D eigenvalue weighted by Gasteiger charge is -2.05. The first-order valence-corrected chi connectivity index (χ1v) is 4.46. The lowest BCUT2D eigenvalue weighted by atomic mass is 10.1. The monoisotopic (exact) mass is 185 g/mol. The lowest BCUT2D eigenvalue weighted by molar-refractivity contribution is 0.224. The second-order valence-corrected chi connectivity index (χ2v) is 3.14. The fraction of sp³-hybridized carbons (Fsp3) is 0.0833. The van der Waals surface area contributed by atoms with Gasteiger partial charge >= 0.3 is 0 Å². The fourth-order valence-corrected chi connectivity index (χ4v) is 1.38. The molecule has 2 aromatic rings. The quantitative estimate of drug-likeness (QED) is 0.729. The molecule has 1 heterocycles. The van der Waals surface area contributed by atoms with Gasteiger partial charge in [-0.15, -0.1) is 6.58 Å². The molecule has 0 aliphatic carbocycles. The van der Waals surface area contributed by atoms with E-state index in [1.165, 1.54) is 6.08 Å². The summed E-state index contributed by atoms with van der Waals surface area (Å²) in [5.74, 6) is 0. The Bertz CT molecular complexity index is 465. The Morgan fingerprint density at radius 3 is 2.71 bits per heavy atom. The topological polar surface area (TPSA) is 33.1 Å². The zero-order valence-corrected chi connectivity index (χ0v) is 7.72. The summed E-state index contributed by atoms with van der Waals surface area (Å²) in [6.07, 6.45) is 2.55. The van der Waals surface area contributed by atoms with Crippen LogP contribution >= 0.6 is 0 Å². The SMILES string of the molecule is C=C[C@@H](O)c1cc2ccccc2cn1. The van der Waals surface area contributed by atoms with Crippen LogP contribution in [0.25, 0.3) is 10.8 Å². The summed E-state index contributed by atoms with van der Waals surface area (Å²) in [6.45, 7) is 3.53. The Morgan fingerprint density at radius 1 is 1.29 bits per heavy atom. The molecular formula is C12H11NO. The molecule has 0 bridgehead atoms. The van der Waals surface area contributed by atoms with Crippen LogP contribution in [0.2, 0.25) is 0 Å². The number of benzene rings is 1. The maximum atomic E-state index is 9.51. The van der Waals surface area contributed by atoms with E-state index < -0.39 is 6.10 Å². The zero-order chi connectivity index (χ0) is 9.97. The van der Waals surface area contributed by atoms with Gasteiger partial charge in [0.2, 0.25) is 0 Å². The third kappa shape index (κ3) is 1.52. The highest BCUT2D eigenvalue weighted by Gasteiger charge is 2.04. The van der Waals surface area contributed by atoms with Crippen molar-refractivity contribution < 1.29 is 5.11 Å². The van der Waals surface area contributed by atoms with E-state index in [1.54, 1.807) is 6.20 Å². The number of hydrogen-bond acceptors (Lipinski definition) is 2. The fourth-order valence-electron chi connectivity index (χ4n) is 1.38. The first-order valence-electron chi connectivity index (χ1n) is 4.46. The van der Waals surface area contributed by atoms with E-state index in [0.717, 1.165) is 10.8 Å². The number of hydrogen-bond donors (Lipinski definition) is 1. The average molecular weight is 185 g/mol. The normalized spacial score (nSPS) is 12.6. The van der Waals surface area contributed by atoms with E-state index in [-0.39, 0.29) is 0 Å². The van der Waals surface area contributed by atoms with Crippen molar-refractivity contribution in [3.63, 3.8) is 0 Å². The molecule has 2 nitrogen and oxygen atoms in total. The summed E-state index contributed by atoms with van der Waals surface area (Å²) in [4.78, 5) is 4.16. The van der Waals surface area contributed by atoms with E-state index in [9.17, 15) is 5.11 Å². The molecule has 2 heteroatoms. The van der Waals surface area contributed by atoms with Gasteiger partial charge in [0.1, 0.15) is 6.10 Å². The van der Waals surface area contributed by atoms with Crippen LogP contribution in [0, 0.1) is 0 Å². The summed E-state index contributed by atoms with van der Waals surface area (Å²) < 4.78 is 0. The summed E-state index contributed by atoms with van der Waals surface area (Å²) in [7, 11) is 0. The predicted octanol–water partition coefficient (Wildman–Crippen LogP) is 2.45. The highest BCUT2D eigenvalue weighted by Crippen LogP contribution is 2.17. The van der Waals surface area contributed by atoms with Crippen LogP contribution in [-0.2, 0) is 0 Å². The van der Waals surface area contributed by atoms with Gasteiger partial charge in [-0.2, -0.15) is 0 Å². The third-order valence-electron chi connectivity index (χ3n) is 2.18. The second-order valence-electron chi connectivity index (χ2n) is 3.14. The Hall–Kier alpha value is -1.67. The smallest absolute Gasteiger partial charge is 0.114 e. The van der Waals surface area contributed by atoms with Gasteiger partial charge < -0.3 is 5.11 Å². The Balaban J connectivity index is 2.56. The molecule has 14 heavy (non-hydrogen) atoms. The van der Waals surface area contributed by atoms with Crippen molar-refractivity contribution in [1.82, 2.24) is 4.98 Å². The number of pyridine rings is 1. The van der Waals surface area contributed by atoms with Gasteiger partial charge in [-0.05, 0) is 11.5 Å². The number of nitrogens with zero attached hydrogens (tertiary/aromatic N) is 1. The van der Waals surface area contributed by atoms with Crippen molar-refractivity contribution in [3.8, 4) is 0 Å². The number of aliphatic hydroxyl groups excluding tert-OH is 1. The third-order valence-corrected chi connectivity index (χ3v) is 2.18. The average Bonchev–Trinajstić information content (AvgIpc) is 2.27. The van der Waals surface area contributed by atoms with Crippen molar-refractivity contribution in [1.29, 1.82) is 0 Å². The van der Waals surface area contributed by atoms with Crippen LogP contribution in [0.1, 0.15) is 11.8 Å². The first kappa shape index (κ1) is 8.91. The Labute approximate surface area is 82.5 Å². The molecule has 70 valence electrons. The predicted molar refractivity (Wildman–Crippen MR) is 56.9 cm³/mol. The molecule has 2 rings (SSSR count). The second kappa shape index (κ2) is 3.60. The molecule has 0 radical (unpaired) electrons. The van der Waals surface area contributed by atoms with E-state index in [4.69, 9.17) is 0 Å². The summed E-state index contributed by atoms with van der Waals surface area (Å²) in [6, 6.07) is 9.80. The molecule has 0 aliphatic heterocycles. The van der Waals surface area contributed by atoms with Crippen molar-refractivity contribution in [3.05, 3.63) is 54.9 Å². The molecule has 1 atom stereocenters. The van der Waals surface area contributed by atoms with Crippen molar-refractivity contribution >= 4 is 10.8 Å². The number of aromatic nitrogens is 1. The molecule has 0 amide bonds. The zero-order valence-electron chi connectivity index (χ0n) is 7.72. The minimum atomic E-state index is -0.681. The van der Waals surface area contributed by atoms with E-state index in [1.807, 2.05) is 30.3 Å².